The lowest BCUT2D eigenvalue weighted by atomic mass is 9.81. The molecule has 118 valence electrons. The van der Waals surface area contributed by atoms with Crippen molar-refractivity contribution in [3.8, 4) is 0 Å². The lowest BCUT2D eigenvalue weighted by molar-refractivity contribution is -0.222. The Morgan fingerprint density at radius 1 is 1.23 bits per heavy atom. The average Bonchev–Trinajstić information content (AvgIpc) is 2.80. The molecule has 2 heterocycles. The van der Waals surface area contributed by atoms with Gasteiger partial charge in [-0.2, -0.15) is 0 Å². The molecule has 3 fully saturated rings. The molecular weight excluding hydrogens is 298 g/mol. The summed E-state index contributed by atoms with van der Waals surface area (Å²) in [5.74, 6) is 0.784. The van der Waals surface area contributed by atoms with Crippen molar-refractivity contribution < 1.29 is 9.53 Å². The van der Waals surface area contributed by atoms with Crippen LogP contribution in [-0.2, 0) is 15.3 Å². The van der Waals surface area contributed by atoms with Crippen molar-refractivity contribution in [1.29, 1.82) is 0 Å². The number of nitrogens with zero attached hydrogens (tertiary/aromatic N) is 1. The monoisotopic (exact) mass is 319 g/mol. The van der Waals surface area contributed by atoms with Crippen molar-refractivity contribution in [1.82, 2.24) is 4.90 Å². The highest BCUT2D eigenvalue weighted by atomic mass is 35.5. The summed E-state index contributed by atoms with van der Waals surface area (Å²) < 4.78 is 6.39. The van der Waals surface area contributed by atoms with Gasteiger partial charge in [0.25, 0.3) is 0 Å². The SMILES string of the molecule is C[C@H]1C[C@]2(c3ccc(Cl)cc3)OC[C@H]3CCCC[C@H]3N2C1=O. The number of hydrogen-bond donors (Lipinski definition) is 0. The van der Waals surface area contributed by atoms with Crippen LogP contribution in [0.1, 0.15) is 44.6 Å². The van der Waals surface area contributed by atoms with Crippen LogP contribution in [0.15, 0.2) is 24.3 Å². The highest BCUT2D eigenvalue weighted by Crippen LogP contribution is 2.51. The first-order valence-corrected chi connectivity index (χ1v) is 8.73. The Kier molecular flexibility index (Phi) is 3.46. The first-order valence-electron chi connectivity index (χ1n) is 8.35. The van der Waals surface area contributed by atoms with Gasteiger partial charge in [0.2, 0.25) is 5.91 Å². The van der Waals surface area contributed by atoms with Crippen LogP contribution < -0.4 is 0 Å². The molecule has 3 aliphatic rings. The maximum absolute atomic E-state index is 12.9. The van der Waals surface area contributed by atoms with Gasteiger partial charge < -0.3 is 9.64 Å². The predicted molar refractivity (Wildman–Crippen MR) is 85.5 cm³/mol. The van der Waals surface area contributed by atoms with E-state index in [2.05, 4.69) is 4.90 Å². The Morgan fingerprint density at radius 3 is 2.73 bits per heavy atom. The number of amides is 1. The van der Waals surface area contributed by atoms with Crippen molar-refractivity contribution in [2.24, 2.45) is 11.8 Å². The number of rotatable bonds is 1. The predicted octanol–water partition coefficient (Wildman–Crippen LogP) is 3.95. The second-order valence-corrected chi connectivity index (χ2v) is 7.46. The summed E-state index contributed by atoms with van der Waals surface area (Å²) in [6.07, 6.45) is 5.52. The number of halogens is 1. The quantitative estimate of drug-likeness (QED) is 0.784. The molecule has 4 heteroatoms. The van der Waals surface area contributed by atoms with E-state index >= 15 is 0 Å². The van der Waals surface area contributed by atoms with Crippen LogP contribution in [-0.4, -0.2) is 23.5 Å². The topological polar surface area (TPSA) is 29.5 Å². The summed E-state index contributed by atoms with van der Waals surface area (Å²) in [4.78, 5) is 15.0. The highest BCUT2D eigenvalue weighted by molar-refractivity contribution is 6.30. The number of carbonyl (C=O) groups is 1. The number of carbonyl (C=O) groups excluding carboxylic acids is 1. The fraction of sp³-hybridized carbons (Fsp3) is 0.611. The fourth-order valence-corrected chi connectivity index (χ4v) is 4.72. The van der Waals surface area contributed by atoms with E-state index in [1.165, 1.54) is 19.3 Å². The molecule has 1 aromatic carbocycles. The second kappa shape index (κ2) is 5.24. The minimum atomic E-state index is -0.570. The Labute approximate surface area is 136 Å². The molecule has 1 saturated carbocycles. The van der Waals surface area contributed by atoms with Gasteiger partial charge in [-0.3, -0.25) is 4.79 Å². The third-order valence-corrected chi connectivity index (χ3v) is 5.92. The van der Waals surface area contributed by atoms with Gasteiger partial charge in [0.1, 0.15) is 0 Å². The molecule has 1 aliphatic carbocycles. The second-order valence-electron chi connectivity index (χ2n) is 7.03. The van der Waals surface area contributed by atoms with E-state index in [0.29, 0.717) is 12.0 Å². The molecule has 0 bridgehead atoms. The summed E-state index contributed by atoms with van der Waals surface area (Å²) in [6.45, 7) is 2.79. The Bertz CT molecular complexity index is 587. The minimum absolute atomic E-state index is 0.0244. The molecule has 1 amide bonds. The molecule has 4 atom stereocenters. The molecule has 4 rings (SSSR count). The third-order valence-electron chi connectivity index (χ3n) is 5.66. The van der Waals surface area contributed by atoms with Gasteiger partial charge in [-0.05, 0) is 25.0 Å². The zero-order valence-corrected chi connectivity index (χ0v) is 13.7. The van der Waals surface area contributed by atoms with Crippen LogP contribution in [0.4, 0.5) is 0 Å². The summed E-state index contributed by atoms with van der Waals surface area (Å²) >= 11 is 6.04. The minimum Gasteiger partial charge on any atom is -0.351 e. The standard InChI is InChI=1S/C18H22ClNO2/c1-12-10-18(14-6-8-15(19)9-7-14)20(17(12)21)16-5-3-2-4-13(16)11-22-18/h6-9,12-13,16H,2-5,10-11H2,1H3/t12-,13+,16+,18+/m0/s1. The zero-order valence-electron chi connectivity index (χ0n) is 12.9. The van der Waals surface area contributed by atoms with E-state index in [1.807, 2.05) is 31.2 Å². The summed E-state index contributed by atoms with van der Waals surface area (Å²) in [7, 11) is 0. The molecule has 3 nitrogen and oxygen atoms in total. The number of hydrogen-bond acceptors (Lipinski definition) is 2. The molecule has 22 heavy (non-hydrogen) atoms. The summed E-state index contributed by atoms with van der Waals surface area (Å²) in [6, 6.07) is 8.17. The van der Waals surface area contributed by atoms with E-state index in [9.17, 15) is 4.79 Å². The fourth-order valence-electron chi connectivity index (χ4n) is 4.59. The lowest BCUT2D eigenvalue weighted by Gasteiger charge is -2.52. The Hall–Kier alpha value is -1.06. The van der Waals surface area contributed by atoms with Gasteiger partial charge >= 0.3 is 0 Å². The van der Waals surface area contributed by atoms with Gasteiger partial charge in [-0.1, -0.05) is 43.5 Å². The molecule has 0 radical (unpaired) electrons. The highest BCUT2D eigenvalue weighted by Gasteiger charge is 2.58. The van der Waals surface area contributed by atoms with E-state index in [4.69, 9.17) is 16.3 Å². The van der Waals surface area contributed by atoms with Gasteiger partial charge in [-0.25, -0.2) is 0 Å². The van der Waals surface area contributed by atoms with Crippen molar-refractivity contribution >= 4 is 17.5 Å². The van der Waals surface area contributed by atoms with Gasteiger partial charge in [0.15, 0.2) is 5.72 Å². The van der Waals surface area contributed by atoms with Gasteiger partial charge in [0, 0.05) is 34.9 Å². The number of ether oxygens (including phenoxy) is 1. The maximum atomic E-state index is 12.9. The van der Waals surface area contributed by atoms with E-state index in [0.717, 1.165) is 30.0 Å². The van der Waals surface area contributed by atoms with Gasteiger partial charge in [0.05, 0.1) is 6.61 Å². The average molecular weight is 320 g/mol. The van der Waals surface area contributed by atoms with Crippen LogP contribution in [0.2, 0.25) is 5.02 Å². The Morgan fingerprint density at radius 2 is 1.95 bits per heavy atom. The van der Waals surface area contributed by atoms with E-state index < -0.39 is 5.72 Å². The van der Waals surface area contributed by atoms with E-state index in [1.54, 1.807) is 0 Å². The van der Waals surface area contributed by atoms with Crippen LogP contribution in [0.25, 0.3) is 0 Å². The smallest absolute Gasteiger partial charge is 0.228 e. The molecule has 2 saturated heterocycles. The van der Waals surface area contributed by atoms with Crippen molar-refractivity contribution in [2.45, 2.75) is 50.8 Å². The van der Waals surface area contributed by atoms with Gasteiger partial charge in [-0.15, -0.1) is 0 Å². The molecule has 1 aromatic rings. The summed E-state index contributed by atoms with van der Waals surface area (Å²) in [5, 5.41) is 0.718. The largest absolute Gasteiger partial charge is 0.351 e. The molecular formula is C18H22ClNO2. The zero-order chi connectivity index (χ0) is 15.3. The van der Waals surface area contributed by atoms with Crippen molar-refractivity contribution in [3.05, 3.63) is 34.9 Å². The maximum Gasteiger partial charge on any atom is 0.228 e. The van der Waals surface area contributed by atoms with Crippen LogP contribution >= 0.6 is 11.6 Å². The molecule has 2 aliphatic heterocycles. The molecule has 0 unspecified atom stereocenters. The normalized spacial score (nSPS) is 37.8. The van der Waals surface area contributed by atoms with Crippen LogP contribution in [0.3, 0.4) is 0 Å². The molecule has 0 aromatic heterocycles. The van der Waals surface area contributed by atoms with Crippen molar-refractivity contribution in [3.63, 3.8) is 0 Å². The first-order chi connectivity index (χ1) is 10.6. The Balaban J connectivity index is 1.78. The van der Waals surface area contributed by atoms with E-state index in [-0.39, 0.29) is 11.8 Å². The van der Waals surface area contributed by atoms with Crippen LogP contribution in [0, 0.1) is 11.8 Å². The molecule has 0 N–H and O–H groups in total. The number of fused-ring (bicyclic) bond motifs is 3. The van der Waals surface area contributed by atoms with Crippen molar-refractivity contribution in [2.75, 3.05) is 6.61 Å². The van der Waals surface area contributed by atoms with Crippen LogP contribution in [0.5, 0.6) is 0 Å². The molecule has 0 spiro atoms. The number of benzene rings is 1. The first kappa shape index (κ1) is 14.5. The summed E-state index contributed by atoms with van der Waals surface area (Å²) in [5.41, 5.74) is 0.498. The third kappa shape index (κ3) is 2.02. The lowest BCUT2D eigenvalue weighted by Crippen LogP contribution is -2.59.